The Morgan fingerprint density at radius 3 is 1.69 bits per heavy atom. The van der Waals surface area contributed by atoms with E-state index in [0.717, 1.165) is 0 Å². The van der Waals surface area contributed by atoms with Crippen LogP contribution in [0.5, 0.6) is 0 Å². The summed E-state index contributed by atoms with van der Waals surface area (Å²) in [6.07, 6.45) is -5.23. The Balaban J connectivity index is -0.000000333. The van der Waals surface area contributed by atoms with Gasteiger partial charge in [0.25, 0.3) is 0 Å². The minimum absolute atomic E-state index is 0. The molecule has 84 valence electrons. The SMILES string of the molecule is O.O.O.OC1OC[C@@H](O)[C@H](O)[C@H]1O. The third-order valence-corrected chi connectivity index (χ3v) is 1.47. The molecule has 1 fully saturated rings. The van der Waals surface area contributed by atoms with Crippen molar-refractivity contribution >= 4 is 0 Å². The van der Waals surface area contributed by atoms with Crippen molar-refractivity contribution in [2.45, 2.75) is 24.6 Å². The van der Waals surface area contributed by atoms with Gasteiger partial charge in [-0.25, -0.2) is 0 Å². The first-order valence-corrected chi connectivity index (χ1v) is 2.97. The number of hydrogen-bond donors (Lipinski definition) is 4. The Hall–Kier alpha value is -0.320. The standard InChI is InChI=1S/C5H10O5.3H2O/c6-2-1-10-5(9)4(8)3(2)7;;;/h2-9H,1H2;3*1H2/t2-,3+,4-,5?;;;/m1.../s1. The smallest absolute Gasteiger partial charge is 0.183 e. The molecule has 0 aromatic carbocycles. The number of ether oxygens (including phenoxy) is 1. The first kappa shape index (κ1) is 18.5. The molecule has 1 aliphatic rings. The van der Waals surface area contributed by atoms with Crippen LogP contribution in [0.4, 0.5) is 0 Å². The topological polar surface area (TPSA) is 185 Å². The van der Waals surface area contributed by atoms with Crippen molar-refractivity contribution in [2.75, 3.05) is 6.61 Å². The second-order valence-corrected chi connectivity index (χ2v) is 2.27. The molecule has 1 heterocycles. The molecule has 0 bridgehead atoms. The van der Waals surface area contributed by atoms with Crippen LogP contribution in [0.1, 0.15) is 0 Å². The summed E-state index contributed by atoms with van der Waals surface area (Å²) >= 11 is 0. The second kappa shape index (κ2) is 7.12. The monoisotopic (exact) mass is 204 g/mol. The van der Waals surface area contributed by atoms with Crippen LogP contribution in [0.3, 0.4) is 0 Å². The molecule has 1 rings (SSSR count). The molecule has 13 heavy (non-hydrogen) atoms. The fraction of sp³-hybridized carbons (Fsp3) is 1.00. The molecule has 10 N–H and O–H groups in total. The summed E-state index contributed by atoms with van der Waals surface area (Å²) in [4.78, 5) is 0. The van der Waals surface area contributed by atoms with Crippen LogP contribution in [-0.2, 0) is 4.74 Å². The van der Waals surface area contributed by atoms with Gasteiger partial charge in [0.15, 0.2) is 6.29 Å². The quantitative estimate of drug-likeness (QED) is 0.307. The van der Waals surface area contributed by atoms with Crippen molar-refractivity contribution in [1.82, 2.24) is 0 Å². The molecule has 1 unspecified atom stereocenters. The lowest BCUT2D eigenvalue weighted by Crippen LogP contribution is -2.52. The molecule has 0 aromatic heterocycles. The van der Waals surface area contributed by atoms with Gasteiger partial charge in [0.1, 0.15) is 18.3 Å². The second-order valence-electron chi connectivity index (χ2n) is 2.27. The van der Waals surface area contributed by atoms with Crippen LogP contribution in [-0.4, -0.2) is 68.1 Å². The Morgan fingerprint density at radius 2 is 1.31 bits per heavy atom. The molecular weight excluding hydrogens is 188 g/mol. The zero-order valence-corrected chi connectivity index (χ0v) is 6.71. The molecule has 0 aliphatic carbocycles. The van der Waals surface area contributed by atoms with E-state index in [1.807, 2.05) is 0 Å². The summed E-state index contributed by atoms with van der Waals surface area (Å²) in [7, 11) is 0. The van der Waals surface area contributed by atoms with Crippen molar-refractivity contribution in [3.05, 3.63) is 0 Å². The molecule has 0 spiro atoms. The number of aliphatic hydroxyl groups excluding tert-OH is 4. The van der Waals surface area contributed by atoms with Gasteiger partial charge in [0.2, 0.25) is 0 Å². The number of rotatable bonds is 0. The van der Waals surface area contributed by atoms with E-state index in [1.165, 1.54) is 0 Å². The predicted octanol–water partition coefficient (Wildman–Crippen LogP) is -5.06. The first-order chi connectivity index (χ1) is 4.63. The molecule has 1 aliphatic heterocycles. The highest BCUT2D eigenvalue weighted by atomic mass is 16.6. The summed E-state index contributed by atoms with van der Waals surface area (Å²) in [5.74, 6) is 0. The zero-order chi connectivity index (χ0) is 7.72. The van der Waals surface area contributed by atoms with Crippen molar-refractivity contribution in [3.8, 4) is 0 Å². The maximum Gasteiger partial charge on any atom is 0.183 e. The summed E-state index contributed by atoms with van der Waals surface area (Å²) in [6.45, 7) is -0.153. The Bertz CT molecular complexity index is 105. The lowest BCUT2D eigenvalue weighted by Gasteiger charge is -2.31. The molecule has 4 atom stereocenters. The van der Waals surface area contributed by atoms with E-state index in [4.69, 9.17) is 20.4 Å². The van der Waals surface area contributed by atoms with Crippen LogP contribution >= 0.6 is 0 Å². The average Bonchev–Trinajstić information content (AvgIpc) is 1.93. The normalized spacial score (nSPS) is 37.8. The maximum absolute atomic E-state index is 8.88. The van der Waals surface area contributed by atoms with Gasteiger partial charge in [-0.15, -0.1) is 0 Å². The summed E-state index contributed by atoms with van der Waals surface area (Å²) < 4.78 is 4.47. The number of hydrogen-bond acceptors (Lipinski definition) is 5. The zero-order valence-electron chi connectivity index (χ0n) is 6.71. The highest BCUT2D eigenvalue weighted by molar-refractivity contribution is 4.81. The summed E-state index contributed by atoms with van der Waals surface area (Å²) in [6, 6.07) is 0. The molecule has 1 saturated heterocycles. The van der Waals surface area contributed by atoms with Crippen LogP contribution in [0.2, 0.25) is 0 Å². The molecular formula is C5H16O8. The van der Waals surface area contributed by atoms with Crippen LogP contribution in [0.15, 0.2) is 0 Å². The molecule has 0 aromatic rings. The lowest BCUT2D eigenvalue weighted by atomic mass is 10.1. The van der Waals surface area contributed by atoms with Gasteiger partial charge in [-0.2, -0.15) is 0 Å². The number of aliphatic hydroxyl groups is 4. The fourth-order valence-corrected chi connectivity index (χ4v) is 0.791. The fourth-order valence-electron chi connectivity index (χ4n) is 0.791. The highest BCUT2D eigenvalue weighted by Gasteiger charge is 2.36. The third kappa shape index (κ3) is 3.93. The largest absolute Gasteiger partial charge is 0.412 e. The molecule has 8 heteroatoms. The van der Waals surface area contributed by atoms with Crippen molar-refractivity contribution in [2.24, 2.45) is 0 Å². The summed E-state index contributed by atoms with van der Waals surface area (Å²) in [5.41, 5.74) is 0. The predicted molar refractivity (Wildman–Crippen MR) is 40.8 cm³/mol. The highest BCUT2D eigenvalue weighted by Crippen LogP contribution is 2.12. The van der Waals surface area contributed by atoms with Crippen molar-refractivity contribution in [1.29, 1.82) is 0 Å². The molecule has 0 amide bonds. The van der Waals surface area contributed by atoms with E-state index in [2.05, 4.69) is 4.74 Å². The van der Waals surface area contributed by atoms with Crippen molar-refractivity contribution in [3.63, 3.8) is 0 Å². The Labute approximate surface area is 73.9 Å². The van der Waals surface area contributed by atoms with Gasteiger partial charge in [0, 0.05) is 0 Å². The van der Waals surface area contributed by atoms with Crippen molar-refractivity contribution < 1.29 is 41.6 Å². The van der Waals surface area contributed by atoms with Gasteiger partial charge >= 0.3 is 0 Å². The lowest BCUT2D eigenvalue weighted by molar-refractivity contribution is -0.252. The minimum Gasteiger partial charge on any atom is -0.412 e. The van der Waals surface area contributed by atoms with E-state index in [-0.39, 0.29) is 23.0 Å². The average molecular weight is 204 g/mol. The van der Waals surface area contributed by atoms with E-state index in [9.17, 15) is 0 Å². The van der Waals surface area contributed by atoms with E-state index < -0.39 is 24.6 Å². The Morgan fingerprint density at radius 1 is 0.846 bits per heavy atom. The van der Waals surface area contributed by atoms with Crippen LogP contribution in [0, 0.1) is 0 Å². The molecule has 0 radical (unpaired) electrons. The molecule has 0 saturated carbocycles. The van der Waals surface area contributed by atoms with Crippen LogP contribution < -0.4 is 0 Å². The van der Waals surface area contributed by atoms with Gasteiger partial charge in [-0.1, -0.05) is 0 Å². The van der Waals surface area contributed by atoms with E-state index in [0.29, 0.717) is 0 Å². The third-order valence-electron chi connectivity index (χ3n) is 1.47. The van der Waals surface area contributed by atoms with E-state index >= 15 is 0 Å². The summed E-state index contributed by atoms with van der Waals surface area (Å²) in [5, 5.41) is 35.3. The molecule has 8 nitrogen and oxygen atoms in total. The van der Waals surface area contributed by atoms with Gasteiger partial charge in [-0.3, -0.25) is 0 Å². The Kier molecular flexibility index (Phi) is 10.1. The van der Waals surface area contributed by atoms with Crippen LogP contribution in [0.25, 0.3) is 0 Å². The van der Waals surface area contributed by atoms with E-state index in [1.54, 1.807) is 0 Å². The maximum atomic E-state index is 8.88. The minimum atomic E-state index is -1.41. The first-order valence-electron chi connectivity index (χ1n) is 2.97. The van der Waals surface area contributed by atoms with Gasteiger partial charge < -0.3 is 41.6 Å². The van der Waals surface area contributed by atoms with Gasteiger partial charge in [-0.05, 0) is 0 Å². The van der Waals surface area contributed by atoms with Gasteiger partial charge in [0.05, 0.1) is 6.61 Å².